The molecule has 1 aliphatic rings. The Morgan fingerprint density at radius 1 is 1.19 bits per heavy atom. The molecule has 0 fully saturated rings. The molecule has 0 saturated carbocycles. The monoisotopic (exact) mass is 524 g/mol. The lowest BCUT2D eigenvalue weighted by atomic mass is 9.85. The SMILES string of the molecule is CNCC1Cc2cc(F)c(CCNS(=O)(=O)c3cnn(C)c3)cc2C1Cc1cccc(C(F)(F)F)c1. The Labute approximate surface area is 207 Å². The molecule has 0 saturated heterocycles. The van der Waals surface area contributed by atoms with E-state index in [1.165, 1.54) is 35.3 Å². The van der Waals surface area contributed by atoms with E-state index < -0.39 is 27.6 Å². The van der Waals surface area contributed by atoms with Gasteiger partial charge in [0.05, 0.1) is 11.8 Å². The third-order valence-electron chi connectivity index (χ3n) is 6.61. The summed E-state index contributed by atoms with van der Waals surface area (Å²) in [5.41, 5.74) is 1.98. The lowest BCUT2D eigenvalue weighted by Gasteiger charge is -2.21. The van der Waals surface area contributed by atoms with Gasteiger partial charge in [0.25, 0.3) is 0 Å². The van der Waals surface area contributed by atoms with E-state index in [9.17, 15) is 26.0 Å². The van der Waals surface area contributed by atoms with E-state index in [1.807, 2.05) is 7.05 Å². The van der Waals surface area contributed by atoms with Crippen LogP contribution in [0.5, 0.6) is 0 Å². The fourth-order valence-corrected chi connectivity index (χ4v) is 5.91. The molecule has 2 unspecified atom stereocenters. The van der Waals surface area contributed by atoms with Gasteiger partial charge in [-0.25, -0.2) is 17.5 Å². The molecule has 0 aliphatic heterocycles. The highest BCUT2D eigenvalue weighted by atomic mass is 32.2. The van der Waals surface area contributed by atoms with E-state index in [4.69, 9.17) is 0 Å². The lowest BCUT2D eigenvalue weighted by molar-refractivity contribution is -0.137. The second-order valence-electron chi connectivity index (χ2n) is 9.17. The maximum atomic E-state index is 14.9. The van der Waals surface area contributed by atoms with Crippen molar-refractivity contribution in [1.29, 1.82) is 0 Å². The van der Waals surface area contributed by atoms with Gasteiger partial charge in [-0.05, 0) is 79.1 Å². The van der Waals surface area contributed by atoms with Crippen molar-refractivity contribution >= 4 is 10.0 Å². The van der Waals surface area contributed by atoms with Crippen molar-refractivity contribution in [1.82, 2.24) is 19.8 Å². The predicted octanol–water partition coefficient (Wildman–Crippen LogP) is 3.82. The van der Waals surface area contributed by atoms with E-state index in [0.29, 0.717) is 30.5 Å². The summed E-state index contributed by atoms with van der Waals surface area (Å²) in [7, 11) is -0.356. The number of hydrogen-bond donors (Lipinski definition) is 2. The van der Waals surface area contributed by atoms with Crippen LogP contribution in [0.4, 0.5) is 17.6 Å². The van der Waals surface area contributed by atoms with Crippen molar-refractivity contribution in [3.63, 3.8) is 0 Å². The van der Waals surface area contributed by atoms with Gasteiger partial charge < -0.3 is 5.32 Å². The van der Waals surface area contributed by atoms with Gasteiger partial charge in [-0.2, -0.15) is 18.3 Å². The average molecular weight is 525 g/mol. The molecule has 0 radical (unpaired) electrons. The fourth-order valence-electron chi connectivity index (χ4n) is 4.89. The molecule has 36 heavy (non-hydrogen) atoms. The highest BCUT2D eigenvalue weighted by molar-refractivity contribution is 7.89. The zero-order valence-corrected chi connectivity index (χ0v) is 20.8. The van der Waals surface area contributed by atoms with Crippen LogP contribution in [0.2, 0.25) is 0 Å². The minimum atomic E-state index is -4.42. The van der Waals surface area contributed by atoms with Crippen LogP contribution in [-0.2, 0) is 42.5 Å². The zero-order chi connectivity index (χ0) is 26.1. The number of fused-ring (bicyclic) bond motifs is 1. The topological polar surface area (TPSA) is 76.0 Å². The van der Waals surface area contributed by atoms with Crippen molar-refractivity contribution in [2.24, 2.45) is 13.0 Å². The number of hydrogen-bond acceptors (Lipinski definition) is 4. The van der Waals surface area contributed by atoms with Gasteiger partial charge in [0.15, 0.2) is 0 Å². The number of alkyl halides is 3. The molecular weight excluding hydrogens is 496 g/mol. The Balaban J connectivity index is 1.55. The van der Waals surface area contributed by atoms with Crippen LogP contribution in [-0.4, -0.2) is 38.3 Å². The van der Waals surface area contributed by atoms with Gasteiger partial charge in [0, 0.05) is 19.8 Å². The Hall–Kier alpha value is -2.76. The number of sulfonamides is 1. The van der Waals surface area contributed by atoms with Crippen molar-refractivity contribution < 1.29 is 26.0 Å². The molecular formula is C25H28F4N4O2S. The maximum absolute atomic E-state index is 14.9. The number of aryl methyl sites for hydroxylation is 1. The van der Waals surface area contributed by atoms with Crippen LogP contribution >= 0.6 is 0 Å². The summed E-state index contributed by atoms with van der Waals surface area (Å²) < 4.78 is 83.3. The third kappa shape index (κ3) is 5.79. The predicted molar refractivity (Wildman–Crippen MR) is 128 cm³/mol. The van der Waals surface area contributed by atoms with Crippen molar-refractivity contribution in [2.75, 3.05) is 20.1 Å². The molecule has 6 nitrogen and oxygen atoms in total. The molecule has 194 valence electrons. The first kappa shape index (κ1) is 26.3. The Morgan fingerprint density at radius 2 is 1.97 bits per heavy atom. The van der Waals surface area contributed by atoms with Crippen LogP contribution in [0.1, 0.15) is 33.7 Å². The van der Waals surface area contributed by atoms with E-state index in [1.54, 1.807) is 19.2 Å². The first-order chi connectivity index (χ1) is 17.0. The Kier molecular flexibility index (Phi) is 7.53. The highest BCUT2D eigenvalue weighted by Gasteiger charge is 2.34. The fraction of sp³-hybridized carbons (Fsp3) is 0.400. The van der Waals surface area contributed by atoms with Crippen LogP contribution in [0.25, 0.3) is 0 Å². The summed E-state index contributed by atoms with van der Waals surface area (Å²) in [5.74, 6) is -0.419. The first-order valence-electron chi connectivity index (χ1n) is 11.6. The van der Waals surface area contributed by atoms with Crippen molar-refractivity contribution in [2.45, 2.75) is 36.3 Å². The highest BCUT2D eigenvalue weighted by Crippen LogP contribution is 2.41. The average Bonchev–Trinajstić information content (AvgIpc) is 3.38. The summed E-state index contributed by atoms with van der Waals surface area (Å²) in [4.78, 5) is 0.0236. The zero-order valence-electron chi connectivity index (χ0n) is 19.9. The summed E-state index contributed by atoms with van der Waals surface area (Å²) >= 11 is 0. The number of nitrogens with one attached hydrogen (secondary N) is 2. The molecule has 0 amide bonds. The van der Waals surface area contributed by atoms with Crippen molar-refractivity contribution in [3.05, 3.63) is 82.4 Å². The first-order valence-corrected chi connectivity index (χ1v) is 13.1. The van der Waals surface area contributed by atoms with Gasteiger partial charge in [0.2, 0.25) is 10.0 Å². The second-order valence-corrected chi connectivity index (χ2v) is 10.9. The summed E-state index contributed by atoms with van der Waals surface area (Å²) in [5, 5.41) is 6.99. The number of halogens is 4. The largest absolute Gasteiger partial charge is 0.416 e. The smallest absolute Gasteiger partial charge is 0.319 e. The minimum Gasteiger partial charge on any atom is -0.319 e. The molecule has 0 bridgehead atoms. The number of rotatable bonds is 9. The van der Waals surface area contributed by atoms with Crippen LogP contribution < -0.4 is 10.0 Å². The molecule has 3 aromatic rings. The van der Waals surface area contributed by atoms with Crippen molar-refractivity contribution in [3.8, 4) is 0 Å². The summed E-state index contributed by atoms with van der Waals surface area (Å²) in [6.45, 7) is 0.630. The normalized spacial score (nSPS) is 17.9. The van der Waals surface area contributed by atoms with Gasteiger partial charge in [0.1, 0.15) is 10.7 Å². The molecule has 2 atom stereocenters. The van der Waals surface area contributed by atoms with E-state index in [0.717, 1.165) is 17.2 Å². The standard InChI is InChI=1S/C25H28F4N4O2S/c1-30-13-19-10-18-12-24(26)17(6-7-32-36(34,35)21-14-31-33(2)15-21)11-23(18)22(19)9-16-4-3-5-20(8-16)25(27,28)29/h3-5,8,11-12,14-15,19,22,30,32H,6-7,9-10,13H2,1-2H3. The molecule has 1 aromatic heterocycles. The van der Waals surface area contributed by atoms with Gasteiger partial charge >= 0.3 is 6.18 Å². The van der Waals surface area contributed by atoms with Gasteiger partial charge in [-0.15, -0.1) is 0 Å². The van der Waals surface area contributed by atoms with E-state index in [-0.39, 0.29) is 29.7 Å². The Bertz CT molecular complexity index is 1340. The lowest BCUT2D eigenvalue weighted by Crippen LogP contribution is -2.26. The number of aromatic nitrogens is 2. The van der Waals surface area contributed by atoms with E-state index >= 15 is 0 Å². The van der Waals surface area contributed by atoms with Gasteiger partial charge in [-0.3, -0.25) is 4.68 Å². The molecule has 0 spiro atoms. The molecule has 11 heteroatoms. The number of benzene rings is 2. The molecule has 1 heterocycles. The van der Waals surface area contributed by atoms with Crippen LogP contribution in [0, 0.1) is 11.7 Å². The molecule has 4 rings (SSSR count). The van der Waals surface area contributed by atoms with Crippen LogP contribution in [0.3, 0.4) is 0 Å². The quantitative estimate of drug-likeness (QED) is 0.418. The molecule has 2 aromatic carbocycles. The summed E-state index contributed by atoms with van der Waals surface area (Å²) in [6, 6.07) is 8.54. The molecule has 2 N–H and O–H groups in total. The minimum absolute atomic E-state index is 0.00876. The third-order valence-corrected chi connectivity index (χ3v) is 8.03. The Morgan fingerprint density at radius 3 is 2.64 bits per heavy atom. The van der Waals surface area contributed by atoms with E-state index in [2.05, 4.69) is 15.1 Å². The maximum Gasteiger partial charge on any atom is 0.416 e. The second kappa shape index (κ2) is 10.3. The molecule has 1 aliphatic carbocycles. The van der Waals surface area contributed by atoms with Gasteiger partial charge in [-0.1, -0.05) is 24.3 Å². The summed E-state index contributed by atoms with van der Waals surface area (Å²) in [6.07, 6.45) is -0.678. The number of nitrogens with zero attached hydrogens (tertiary/aromatic N) is 2. The van der Waals surface area contributed by atoms with Crippen LogP contribution in [0.15, 0.2) is 53.7 Å².